The first-order valence-electron chi connectivity index (χ1n) is 8.64. The van der Waals surface area contributed by atoms with Crippen molar-refractivity contribution in [2.75, 3.05) is 0 Å². The molecule has 2 aromatic rings. The van der Waals surface area contributed by atoms with Crippen molar-refractivity contribution in [3.63, 3.8) is 0 Å². The first-order valence-corrected chi connectivity index (χ1v) is 8.64. The van der Waals surface area contributed by atoms with Gasteiger partial charge in [0, 0.05) is 12.3 Å². The number of amides is 2. The molecule has 2 amide bonds. The number of carbonyl (C=O) groups excluding carboxylic acids is 3. The molecule has 0 N–H and O–H groups in total. The number of rotatable bonds is 5. The van der Waals surface area contributed by atoms with Crippen LogP contribution >= 0.6 is 0 Å². The van der Waals surface area contributed by atoms with Crippen molar-refractivity contribution < 1.29 is 23.7 Å². The third kappa shape index (κ3) is 2.98. The highest BCUT2D eigenvalue weighted by atomic mass is 16.7. The van der Waals surface area contributed by atoms with Gasteiger partial charge in [-0.2, -0.15) is 4.98 Å². The Morgan fingerprint density at radius 3 is 2.46 bits per heavy atom. The summed E-state index contributed by atoms with van der Waals surface area (Å²) in [4.78, 5) is 45.6. The molecule has 0 unspecified atom stereocenters. The van der Waals surface area contributed by atoms with Crippen LogP contribution in [0.2, 0.25) is 0 Å². The van der Waals surface area contributed by atoms with Crippen LogP contribution in [0.25, 0.3) is 0 Å². The van der Waals surface area contributed by atoms with Crippen LogP contribution in [0.5, 0.6) is 0 Å². The Balaban J connectivity index is 1.34. The third-order valence-electron chi connectivity index (χ3n) is 4.70. The van der Waals surface area contributed by atoms with Gasteiger partial charge in [-0.3, -0.25) is 9.59 Å². The van der Waals surface area contributed by atoms with Crippen molar-refractivity contribution in [2.24, 2.45) is 0 Å². The van der Waals surface area contributed by atoms with Gasteiger partial charge in [0.25, 0.3) is 11.8 Å². The molecule has 1 fully saturated rings. The molecule has 0 bridgehead atoms. The largest absolute Gasteiger partial charge is 0.339 e. The van der Waals surface area contributed by atoms with Crippen LogP contribution in [0, 0.1) is 0 Å². The van der Waals surface area contributed by atoms with E-state index in [-0.39, 0.29) is 24.0 Å². The molecule has 1 aromatic carbocycles. The summed E-state index contributed by atoms with van der Waals surface area (Å²) in [6.45, 7) is 0. The van der Waals surface area contributed by atoms with Gasteiger partial charge in [0.1, 0.15) is 0 Å². The second-order valence-corrected chi connectivity index (χ2v) is 6.44. The van der Waals surface area contributed by atoms with Crippen LogP contribution in [0.3, 0.4) is 0 Å². The minimum Gasteiger partial charge on any atom is -0.339 e. The summed E-state index contributed by atoms with van der Waals surface area (Å²) in [6, 6.07) is 6.33. The molecule has 134 valence electrons. The Bertz CT molecular complexity index is 834. The van der Waals surface area contributed by atoms with Crippen molar-refractivity contribution in [2.45, 2.75) is 44.4 Å². The van der Waals surface area contributed by atoms with E-state index >= 15 is 0 Å². The maximum absolute atomic E-state index is 12.2. The lowest BCUT2D eigenvalue weighted by molar-refractivity contribution is -0.168. The normalized spacial score (nSPS) is 17.0. The number of benzene rings is 1. The number of imide groups is 1. The van der Waals surface area contributed by atoms with Crippen LogP contribution < -0.4 is 0 Å². The van der Waals surface area contributed by atoms with Gasteiger partial charge >= 0.3 is 5.97 Å². The minimum atomic E-state index is -0.708. The summed E-state index contributed by atoms with van der Waals surface area (Å²) < 4.78 is 5.17. The number of hydrogen-bond acceptors (Lipinski definition) is 7. The van der Waals surface area contributed by atoms with Gasteiger partial charge in [-0.25, -0.2) is 4.79 Å². The van der Waals surface area contributed by atoms with E-state index in [2.05, 4.69) is 10.1 Å². The highest BCUT2D eigenvalue weighted by Crippen LogP contribution is 2.32. The molecule has 1 aliphatic carbocycles. The molecule has 0 radical (unpaired) electrons. The van der Waals surface area contributed by atoms with Crippen LogP contribution in [-0.4, -0.2) is 33.0 Å². The summed E-state index contributed by atoms with van der Waals surface area (Å²) in [7, 11) is 0. The molecule has 1 aliphatic heterocycles. The Hall–Kier alpha value is -3.03. The van der Waals surface area contributed by atoms with Gasteiger partial charge < -0.3 is 9.36 Å². The number of aryl methyl sites for hydroxylation is 1. The molecule has 1 saturated carbocycles. The van der Waals surface area contributed by atoms with Crippen molar-refractivity contribution >= 4 is 17.8 Å². The number of aromatic nitrogens is 2. The smallest absolute Gasteiger partial charge is 0.333 e. The van der Waals surface area contributed by atoms with Crippen molar-refractivity contribution in [1.29, 1.82) is 0 Å². The molecule has 0 saturated heterocycles. The monoisotopic (exact) mass is 355 g/mol. The predicted octanol–water partition coefficient (Wildman–Crippen LogP) is 2.41. The van der Waals surface area contributed by atoms with E-state index < -0.39 is 17.8 Å². The molecule has 2 aliphatic rings. The molecule has 8 heteroatoms. The molecular weight excluding hydrogens is 338 g/mol. The molecule has 4 rings (SSSR count). The number of hydrogen-bond donors (Lipinski definition) is 0. The van der Waals surface area contributed by atoms with E-state index in [0.717, 1.165) is 12.8 Å². The number of nitrogens with zero attached hydrogens (tertiary/aromatic N) is 3. The second-order valence-electron chi connectivity index (χ2n) is 6.44. The number of carbonyl (C=O) groups is 3. The Labute approximate surface area is 149 Å². The fraction of sp³-hybridized carbons (Fsp3) is 0.389. The van der Waals surface area contributed by atoms with Gasteiger partial charge in [-0.1, -0.05) is 35.2 Å². The maximum Gasteiger partial charge on any atom is 0.333 e. The summed E-state index contributed by atoms with van der Waals surface area (Å²) in [5, 5.41) is 4.48. The SMILES string of the molecule is O=C(CCc1nc(C2CCCC2)no1)ON1C(=O)c2ccccc2C1=O. The molecule has 26 heavy (non-hydrogen) atoms. The summed E-state index contributed by atoms with van der Waals surface area (Å²) >= 11 is 0. The molecule has 2 heterocycles. The molecule has 0 atom stereocenters. The Morgan fingerprint density at radius 2 is 1.81 bits per heavy atom. The lowest BCUT2D eigenvalue weighted by Crippen LogP contribution is -2.32. The van der Waals surface area contributed by atoms with Gasteiger partial charge in [0.05, 0.1) is 17.5 Å². The maximum atomic E-state index is 12.2. The van der Waals surface area contributed by atoms with Crippen LogP contribution in [0.15, 0.2) is 28.8 Å². The Kier molecular flexibility index (Phi) is 4.24. The lowest BCUT2D eigenvalue weighted by atomic mass is 10.1. The Morgan fingerprint density at radius 1 is 1.15 bits per heavy atom. The fourth-order valence-corrected chi connectivity index (χ4v) is 3.33. The zero-order valence-corrected chi connectivity index (χ0v) is 14.0. The topological polar surface area (TPSA) is 103 Å². The van der Waals surface area contributed by atoms with E-state index in [1.165, 1.54) is 25.0 Å². The zero-order chi connectivity index (χ0) is 18.1. The van der Waals surface area contributed by atoms with E-state index in [1.807, 2.05) is 0 Å². The highest BCUT2D eigenvalue weighted by Gasteiger charge is 2.38. The van der Waals surface area contributed by atoms with Gasteiger partial charge in [0.2, 0.25) is 5.89 Å². The van der Waals surface area contributed by atoms with Gasteiger partial charge in [0.15, 0.2) is 5.82 Å². The van der Waals surface area contributed by atoms with Gasteiger partial charge in [-0.15, -0.1) is 0 Å². The first-order chi connectivity index (χ1) is 12.6. The van der Waals surface area contributed by atoms with Crippen molar-refractivity contribution in [3.8, 4) is 0 Å². The first kappa shape index (κ1) is 16.4. The molecule has 8 nitrogen and oxygen atoms in total. The van der Waals surface area contributed by atoms with Gasteiger partial charge in [-0.05, 0) is 25.0 Å². The fourth-order valence-electron chi connectivity index (χ4n) is 3.33. The standard InChI is InChI=1S/C18H17N3O5/c22-15(10-9-14-19-16(20-25-14)11-5-1-2-6-11)26-21-17(23)12-7-3-4-8-13(12)18(21)24/h3-4,7-8,11H,1-2,5-6,9-10H2. The average Bonchev–Trinajstić information content (AvgIpc) is 3.38. The van der Waals surface area contributed by atoms with E-state index in [4.69, 9.17) is 9.36 Å². The van der Waals surface area contributed by atoms with E-state index in [1.54, 1.807) is 12.1 Å². The van der Waals surface area contributed by atoms with Crippen LogP contribution in [-0.2, 0) is 16.1 Å². The predicted molar refractivity (Wildman–Crippen MR) is 86.9 cm³/mol. The van der Waals surface area contributed by atoms with Crippen molar-refractivity contribution in [1.82, 2.24) is 15.2 Å². The third-order valence-corrected chi connectivity index (χ3v) is 4.70. The van der Waals surface area contributed by atoms with E-state index in [0.29, 0.717) is 22.7 Å². The summed E-state index contributed by atoms with van der Waals surface area (Å²) in [5.41, 5.74) is 0.451. The second kappa shape index (κ2) is 6.70. The van der Waals surface area contributed by atoms with Crippen LogP contribution in [0.1, 0.15) is 70.5 Å². The number of hydroxylamine groups is 2. The van der Waals surface area contributed by atoms with Crippen molar-refractivity contribution in [3.05, 3.63) is 47.1 Å². The zero-order valence-electron chi connectivity index (χ0n) is 14.0. The molecular formula is C18H17N3O5. The van der Waals surface area contributed by atoms with Crippen LogP contribution in [0.4, 0.5) is 0 Å². The van der Waals surface area contributed by atoms with E-state index in [9.17, 15) is 14.4 Å². The molecule has 0 spiro atoms. The minimum absolute atomic E-state index is 0.0697. The summed E-state index contributed by atoms with van der Waals surface area (Å²) in [6.07, 6.45) is 4.57. The average molecular weight is 355 g/mol. The lowest BCUT2D eigenvalue weighted by Gasteiger charge is -2.12. The highest BCUT2D eigenvalue weighted by molar-refractivity contribution is 6.20. The molecule has 1 aromatic heterocycles. The summed E-state index contributed by atoms with van der Waals surface area (Å²) in [5.74, 6) is -0.615. The number of fused-ring (bicyclic) bond motifs is 1. The quantitative estimate of drug-likeness (QED) is 0.759.